The highest BCUT2D eigenvalue weighted by Gasteiger charge is 2.19. The molecule has 0 saturated heterocycles. The van der Waals surface area contributed by atoms with Crippen molar-refractivity contribution < 1.29 is 9.90 Å². The molecule has 1 aromatic heterocycles. The predicted octanol–water partition coefficient (Wildman–Crippen LogP) is 2.65. The van der Waals surface area contributed by atoms with Crippen LogP contribution in [0.3, 0.4) is 0 Å². The Labute approximate surface area is 82.2 Å². The van der Waals surface area contributed by atoms with E-state index >= 15 is 0 Å². The molecule has 0 bridgehead atoms. The Balaban J connectivity index is 2.50. The number of aliphatic carboxylic acids is 1. The van der Waals surface area contributed by atoms with Gasteiger partial charge in [-0.25, -0.2) is 0 Å². The van der Waals surface area contributed by atoms with Crippen LogP contribution >= 0.6 is 11.3 Å². The Bertz CT molecular complexity index is 266. The Kier molecular flexibility index (Phi) is 3.48. The molecule has 0 radical (unpaired) electrons. The van der Waals surface area contributed by atoms with Crippen molar-refractivity contribution in [2.75, 3.05) is 0 Å². The maximum absolute atomic E-state index is 10.7. The van der Waals surface area contributed by atoms with Crippen molar-refractivity contribution in [2.45, 2.75) is 20.3 Å². The lowest BCUT2D eigenvalue weighted by molar-refractivity contribution is -0.142. The first-order valence-electron chi connectivity index (χ1n) is 4.35. The van der Waals surface area contributed by atoms with Crippen LogP contribution in [0.2, 0.25) is 0 Å². The normalized spacial score (nSPS) is 15.2. The van der Waals surface area contributed by atoms with E-state index in [0.717, 1.165) is 6.42 Å². The van der Waals surface area contributed by atoms with E-state index in [0.29, 0.717) is 0 Å². The number of thiophene rings is 1. The van der Waals surface area contributed by atoms with E-state index in [9.17, 15) is 4.79 Å². The minimum absolute atomic E-state index is 0.201. The summed E-state index contributed by atoms with van der Waals surface area (Å²) in [5.41, 5.74) is 1.24. The summed E-state index contributed by atoms with van der Waals surface area (Å²) in [4.78, 5) is 10.7. The largest absolute Gasteiger partial charge is 0.481 e. The van der Waals surface area contributed by atoms with Crippen molar-refractivity contribution in [1.82, 2.24) is 0 Å². The number of carboxylic acids is 1. The van der Waals surface area contributed by atoms with Gasteiger partial charge in [0.05, 0.1) is 5.92 Å². The lowest BCUT2D eigenvalue weighted by Gasteiger charge is -2.14. The highest BCUT2D eigenvalue weighted by molar-refractivity contribution is 7.07. The van der Waals surface area contributed by atoms with E-state index in [4.69, 9.17) is 5.11 Å². The molecule has 0 aliphatic carbocycles. The van der Waals surface area contributed by atoms with E-state index in [2.05, 4.69) is 11.4 Å². The van der Waals surface area contributed by atoms with Gasteiger partial charge in [-0.3, -0.25) is 4.79 Å². The number of hydrogen-bond donors (Lipinski definition) is 1. The molecule has 1 rings (SSSR count). The van der Waals surface area contributed by atoms with Gasteiger partial charge in [-0.1, -0.05) is 13.8 Å². The van der Waals surface area contributed by atoms with Crippen LogP contribution in [0.5, 0.6) is 0 Å². The van der Waals surface area contributed by atoms with Crippen molar-refractivity contribution in [3.63, 3.8) is 0 Å². The van der Waals surface area contributed by atoms with Gasteiger partial charge in [-0.15, -0.1) is 0 Å². The van der Waals surface area contributed by atoms with Gasteiger partial charge in [0.2, 0.25) is 0 Å². The molecule has 0 aromatic carbocycles. The smallest absolute Gasteiger partial charge is 0.306 e. The van der Waals surface area contributed by atoms with E-state index in [-0.39, 0.29) is 11.8 Å². The van der Waals surface area contributed by atoms with Gasteiger partial charge in [0.1, 0.15) is 0 Å². The highest BCUT2D eigenvalue weighted by atomic mass is 32.1. The number of carboxylic acid groups (broad SMARTS) is 1. The Morgan fingerprint density at radius 1 is 1.62 bits per heavy atom. The number of hydrogen-bond acceptors (Lipinski definition) is 2. The van der Waals surface area contributed by atoms with Gasteiger partial charge < -0.3 is 5.11 Å². The van der Waals surface area contributed by atoms with Crippen LogP contribution < -0.4 is 0 Å². The fourth-order valence-corrected chi connectivity index (χ4v) is 1.88. The Morgan fingerprint density at radius 2 is 2.31 bits per heavy atom. The van der Waals surface area contributed by atoms with Gasteiger partial charge in [0.25, 0.3) is 0 Å². The third-order valence-electron chi connectivity index (χ3n) is 2.38. The molecule has 1 N–H and O–H groups in total. The van der Waals surface area contributed by atoms with E-state index in [1.165, 1.54) is 5.56 Å². The lowest BCUT2D eigenvalue weighted by atomic mass is 9.91. The van der Waals surface area contributed by atoms with Crippen LogP contribution in [0.1, 0.15) is 19.4 Å². The molecule has 0 aliphatic heterocycles. The molecule has 0 amide bonds. The summed E-state index contributed by atoms with van der Waals surface area (Å²) in [6.07, 6.45) is 0.858. The van der Waals surface area contributed by atoms with Gasteiger partial charge in [0, 0.05) is 0 Å². The van der Waals surface area contributed by atoms with Crippen molar-refractivity contribution >= 4 is 17.3 Å². The molecule has 2 atom stereocenters. The third-order valence-corrected chi connectivity index (χ3v) is 3.11. The summed E-state index contributed by atoms with van der Waals surface area (Å²) in [6, 6.07) is 2.05. The summed E-state index contributed by atoms with van der Waals surface area (Å²) in [6.45, 7) is 3.75. The van der Waals surface area contributed by atoms with Crippen LogP contribution in [-0.4, -0.2) is 11.1 Å². The average molecular weight is 198 g/mol. The average Bonchev–Trinajstić information content (AvgIpc) is 2.55. The first kappa shape index (κ1) is 10.3. The highest BCUT2D eigenvalue weighted by Crippen LogP contribution is 2.18. The Hall–Kier alpha value is -0.830. The second-order valence-electron chi connectivity index (χ2n) is 3.44. The van der Waals surface area contributed by atoms with Gasteiger partial charge in [0.15, 0.2) is 0 Å². The summed E-state index contributed by atoms with van der Waals surface area (Å²) in [5, 5.41) is 12.9. The molecule has 3 heteroatoms. The summed E-state index contributed by atoms with van der Waals surface area (Å²) in [5.74, 6) is -0.769. The van der Waals surface area contributed by atoms with Crippen molar-refractivity contribution in [1.29, 1.82) is 0 Å². The van der Waals surface area contributed by atoms with Crippen LogP contribution in [0.15, 0.2) is 16.8 Å². The maximum Gasteiger partial charge on any atom is 0.306 e. The minimum atomic E-state index is -0.706. The molecule has 0 saturated carbocycles. The monoisotopic (exact) mass is 198 g/mol. The molecule has 2 unspecified atom stereocenters. The maximum atomic E-state index is 10.7. The summed E-state index contributed by atoms with van der Waals surface area (Å²) in [7, 11) is 0. The number of carbonyl (C=O) groups is 1. The van der Waals surface area contributed by atoms with Gasteiger partial charge in [-0.05, 0) is 34.7 Å². The molecule has 0 spiro atoms. The molecule has 13 heavy (non-hydrogen) atoms. The SMILES string of the molecule is CC(Cc1ccsc1)C(C)C(=O)O. The summed E-state index contributed by atoms with van der Waals surface area (Å²) >= 11 is 1.65. The summed E-state index contributed by atoms with van der Waals surface area (Å²) < 4.78 is 0. The second kappa shape index (κ2) is 4.42. The molecule has 0 fully saturated rings. The van der Waals surface area contributed by atoms with E-state index < -0.39 is 5.97 Å². The van der Waals surface area contributed by atoms with Crippen molar-refractivity contribution in [2.24, 2.45) is 11.8 Å². The molecular weight excluding hydrogens is 184 g/mol. The first-order valence-corrected chi connectivity index (χ1v) is 5.29. The Morgan fingerprint density at radius 3 is 2.77 bits per heavy atom. The van der Waals surface area contributed by atoms with Gasteiger partial charge in [-0.2, -0.15) is 11.3 Å². The molecule has 1 aromatic rings. The molecule has 72 valence electrons. The predicted molar refractivity (Wildman–Crippen MR) is 54.0 cm³/mol. The van der Waals surface area contributed by atoms with Crippen LogP contribution in [0.25, 0.3) is 0 Å². The second-order valence-corrected chi connectivity index (χ2v) is 4.22. The molecule has 2 nitrogen and oxygen atoms in total. The fourth-order valence-electron chi connectivity index (χ4n) is 1.20. The third kappa shape index (κ3) is 2.84. The van der Waals surface area contributed by atoms with E-state index in [1.54, 1.807) is 18.3 Å². The molecular formula is C10H14O2S. The first-order chi connectivity index (χ1) is 6.11. The topological polar surface area (TPSA) is 37.3 Å². The molecule has 1 heterocycles. The zero-order valence-corrected chi connectivity index (χ0v) is 8.67. The zero-order valence-electron chi connectivity index (χ0n) is 7.86. The fraction of sp³-hybridized carbons (Fsp3) is 0.500. The van der Waals surface area contributed by atoms with Crippen LogP contribution in [0, 0.1) is 11.8 Å². The van der Waals surface area contributed by atoms with Crippen molar-refractivity contribution in [3.05, 3.63) is 22.4 Å². The lowest BCUT2D eigenvalue weighted by Crippen LogP contribution is -2.19. The molecule has 0 aliphatic rings. The van der Waals surface area contributed by atoms with Gasteiger partial charge >= 0.3 is 5.97 Å². The quantitative estimate of drug-likeness (QED) is 0.807. The number of rotatable bonds is 4. The van der Waals surface area contributed by atoms with E-state index in [1.807, 2.05) is 12.3 Å². The van der Waals surface area contributed by atoms with Crippen molar-refractivity contribution in [3.8, 4) is 0 Å². The van der Waals surface area contributed by atoms with Crippen LogP contribution in [0.4, 0.5) is 0 Å². The zero-order chi connectivity index (χ0) is 9.84. The standard InChI is InChI=1S/C10H14O2S/c1-7(8(2)10(11)12)5-9-3-4-13-6-9/h3-4,6-8H,5H2,1-2H3,(H,11,12). The minimum Gasteiger partial charge on any atom is -0.481 e. The van der Waals surface area contributed by atoms with Crippen LogP contribution in [-0.2, 0) is 11.2 Å².